The molecule has 1 aromatic rings. The van der Waals surface area contributed by atoms with Crippen LogP contribution in [-0.4, -0.2) is 39.1 Å². The van der Waals surface area contributed by atoms with E-state index in [0.29, 0.717) is 0 Å². The summed E-state index contributed by atoms with van der Waals surface area (Å²) in [6.45, 7) is -0.962. The summed E-state index contributed by atoms with van der Waals surface area (Å²) in [5.74, 6) is -2.44. The van der Waals surface area contributed by atoms with Crippen molar-refractivity contribution in [1.82, 2.24) is 4.98 Å². The average Bonchev–Trinajstić information content (AvgIpc) is 2.28. The van der Waals surface area contributed by atoms with Gasteiger partial charge in [0.05, 0.1) is 6.61 Å². The number of carboxylic acid groups (broad SMARTS) is 1. The van der Waals surface area contributed by atoms with E-state index in [-0.39, 0.29) is 5.56 Å². The third-order valence-corrected chi connectivity index (χ3v) is 1.96. The second-order valence-corrected chi connectivity index (χ2v) is 3.01. The van der Waals surface area contributed by atoms with Crippen LogP contribution in [0.25, 0.3) is 0 Å². The van der Waals surface area contributed by atoms with Gasteiger partial charge in [0.25, 0.3) is 0 Å². The molecule has 0 bridgehead atoms. The van der Waals surface area contributed by atoms with Gasteiger partial charge >= 0.3 is 5.97 Å². The van der Waals surface area contributed by atoms with Crippen LogP contribution in [0.4, 0.5) is 0 Å². The first-order valence-corrected chi connectivity index (χ1v) is 4.10. The quantitative estimate of drug-likeness (QED) is 0.435. The van der Waals surface area contributed by atoms with Crippen molar-refractivity contribution >= 4 is 11.8 Å². The summed E-state index contributed by atoms with van der Waals surface area (Å²) in [6, 6.07) is 2.86. The van der Waals surface area contributed by atoms with Gasteiger partial charge in [-0.15, -0.1) is 0 Å². The number of ketones is 1. The number of aromatic nitrogens is 1. The van der Waals surface area contributed by atoms with Gasteiger partial charge in [-0.3, -0.25) is 9.78 Å². The third-order valence-electron chi connectivity index (χ3n) is 1.96. The normalized spacial score (nSPS) is 14.3. The van der Waals surface area contributed by atoms with E-state index < -0.39 is 23.9 Å². The lowest BCUT2D eigenvalue weighted by atomic mass is 9.92. The Balaban J connectivity index is 3.08. The number of nitrogens with two attached hydrogens (primary N) is 1. The predicted molar refractivity (Wildman–Crippen MR) is 50.2 cm³/mol. The minimum Gasteiger partial charge on any atom is -0.479 e. The number of nitrogens with zero attached hydrogens (tertiary/aromatic N) is 1. The molecule has 0 aliphatic carbocycles. The Morgan fingerprint density at radius 2 is 2.20 bits per heavy atom. The summed E-state index contributed by atoms with van der Waals surface area (Å²) in [5.41, 5.74) is 3.04. The molecule has 4 N–H and O–H groups in total. The second-order valence-electron chi connectivity index (χ2n) is 3.01. The Morgan fingerprint density at radius 3 is 2.60 bits per heavy atom. The van der Waals surface area contributed by atoms with Crippen LogP contribution in [-0.2, 0) is 4.79 Å². The molecular formula is C9H10N2O4. The molecule has 0 amide bonds. The van der Waals surface area contributed by atoms with Gasteiger partial charge < -0.3 is 15.9 Å². The van der Waals surface area contributed by atoms with Crippen molar-refractivity contribution in [2.24, 2.45) is 5.73 Å². The Bertz CT molecular complexity index is 379. The molecule has 0 saturated carbocycles. The molecule has 15 heavy (non-hydrogen) atoms. The summed E-state index contributed by atoms with van der Waals surface area (Å²) in [4.78, 5) is 26.0. The van der Waals surface area contributed by atoms with Crippen molar-refractivity contribution in [3.63, 3.8) is 0 Å². The van der Waals surface area contributed by atoms with Gasteiger partial charge in [0.2, 0.25) is 5.54 Å². The summed E-state index contributed by atoms with van der Waals surface area (Å²) in [5, 5.41) is 17.6. The highest BCUT2D eigenvalue weighted by Crippen LogP contribution is 2.10. The van der Waals surface area contributed by atoms with E-state index in [9.17, 15) is 9.59 Å². The van der Waals surface area contributed by atoms with Gasteiger partial charge in [0.1, 0.15) is 0 Å². The molecule has 0 aliphatic rings. The largest absolute Gasteiger partial charge is 0.479 e. The Labute approximate surface area is 85.4 Å². The van der Waals surface area contributed by atoms with Crippen LogP contribution < -0.4 is 5.73 Å². The van der Waals surface area contributed by atoms with Crippen LogP contribution in [0.1, 0.15) is 10.4 Å². The minimum atomic E-state index is -2.30. The van der Waals surface area contributed by atoms with Crippen LogP contribution in [0.3, 0.4) is 0 Å². The van der Waals surface area contributed by atoms with Crippen molar-refractivity contribution < 1.29 is 19.8 Å². The highest BCUT2D eigenvalue weighted by Gasteiger charge is 2.42. The molecule has 0 saturated heterocycles. The molecule has 0 fully saturated rings. The first kappa shape index (κ1) is 11.3. The van der Waals surface area contributed by atoms with E-state index >= 15 is 0 Å². The number of aliphatic hydroxyl groups excluding tert-OH is 1. The zero-order chi connectivity index (χ0) is 11.5. The van der Waals surface area contributed by atoms with Crippen molar-refractivity contribution in [2.45, 2.75) is 5.54 Å². The Hall–Kier alpha value is -1.79. The van der Waals surface area contributed by atoms with Crippen LogP contribution in [0.5, 0.6) is 0 Å². The fraction of sp³-hybridized carbons (Fsp3) is 0.222. The van der Waals surface area contributed by atoms with Crippen LogP contribution >= 0.6 is 0 Å². The number of carboxylic acids is 1. The number of carbonyl (C=O) groups excluding carboxylic acids is 1. The molecule has 1 heterocycles. The summed E-state index contributed by atoms with van der Waals surface area (Å²) >= 11 is 0. The van der Waals surface area contributed by atoms with Gasteiger partial charge in [-0.05, 0) is 12.1 Å². The maximum Gasteiger partial charge on any atom is 0.334 e. The smallest absolute Gasteiger partial charge is 0.334 e. The monoisotopic (exact) mass is 210 g/mol. The topological polar surface area (TPSA) is 114 Å². The van der Waals surface area contributed by atoms with Gasteiger partial charge in [-0.2, -0.15) is 0 Å². The molecule has 1 unspecified atom stereocenters. The predicted octanol–water partition coefficient (Wildman–Crippen LogP) is -0.961. The zero-order valence-corrected chi connectivity index (χ0v) is 7.75. The van der Waals surface area contributed by atoms with E-state index in [2.05, 4.69) is 4.98 Å². The van der Waals surface area contributed by atoms with Gasteiger partial charge in [-0.1, -0.05) is 0 Å². The SMILES string of the molecule is NC(CO)(C(=O)O)C(=O)c1cccnc1. The molecule has 0 radical (unpaired) electrons. The fourth-order valence-corrected chi connectivity index (χ4v) is 0.991. The molecule has 6 heteroatoms. The van der Waals surface area contributed by atoms with Crippen LogP contribution in [0.15, 0.2) is 24.5 Å². The molecule has 0 aliphatic heterocycles. The van der Waals surface area contributed by atoms with E-state index in [1.807, 2.05) is 0 Å². The molecule has 1 aromatic heterocycles. The third kappa shape index (κ3) is 2.00. The number of hydrogen-bond donors (Lipinski definition) is 3. The zero-order valence-electron chi connectivity index (χ0n) is 7.75. The average molecular weight is 210 g/mol. The highest BCUT2D eigenvalue weighted by molar-refractivity contribution is 6.15. The molecule has 0 spiro atoms. The first-order chi connectivity index (χ1) is 7.02. The number of pyridine rings is 1. The number of hydrogen-bond acceptors (Lipinski definition) is 5. The molecule has 6 nitrogen and oxygen atoms in total. The van der Waals surface area contributed by atoms with Crippen molar-refractivity contribution in [2.75, 3.05) is 6.61 Å². The molecule has 1 atom stereocenters. The number of aliphatic carboxylic acids is 1. The summed E-state index contributed by atoms with van der Waals surface area (Å²) < 4.78 is 0. The maximum atomic E-state index is 11.6. The van der Waals surface area contributed by atoms with E-state index in [0.717, 1.165) is 0 Å². The number of carbonyl (C=O) groups is 2. The second kappa shape index (κ2) is 4.16. The van der Waals surface area contributed by atoms with Crippen LogP contribution in [0.2, 0.25) is 0 Å². The summed E-state index contributed by atoms with van der Waals surface area (Å²) in [7, 11) is 0. The summed E-state index contributed by atoms with van der Waals surface area (Å²) in [6.07, 6.45) is 2.64. The Kier molecular flexibility index (Phi) is 3.13. The minimum absolute atomic E-state index is 0.0523. The number of aliphatic hydroxyl groups is 1. The lowest BCUT2D eigenvalue weighted by Gasteiger charge is -2.19. The van der Waals surface area contributed by atoms with E-state index in [1.165, 1.54) is 24.5 Å². The maximum absolute atomic E-state index is 11.6. The fourth-order valence-electron chi connectivity index (χ4n) is 0.991. The van der Waals surface area contributed by atoms with E-state index in [4.69, 9.17) is 15.9 Å². The van der Waals surface area contributed by atoms with E-state index in [1.54, 1.807) is 0 Å². The van der Waals surface area contributed by atoms with Crippen LogP contribution in [0, 0.1) is 0 Å². The highest BCUT2D eigenvalue weighted by atomic mass is 16.4. The molecule has 1 rings (SSSR count). The lowest BCUT2D eigenvalue weighted by molar-refractivity contribution is -0.142. The van der Waals surface area contributed by atoms with Crippen molar-refractivity contribution in [1.29, 1.82) is 0 Å². The number of Topliss-reactive ketones (excluding diaryl/α,β-unsaturated/α-hetero) is 1. The van der Waals surface area contributed by atoms with Gasteiger partial charge in [-0.25, -0.2) is 4.79 Å². The van der Waals surface area contributed by atoms with Gasteiger partial charge in [0, 0.05) is 18.0 Å². The Morgan fingerprint density at radius 1 is 1.53 bits per heavy atom. The molecule has 0 aromatic carbocycles. The standard InChI is InChI=1S/C9H10N2O4/c10-9(5-12,8(14)15)7(13)6-2-1-3-11-4-6/h1-4,12H,5,10H2,(H,14,15). The van der Waals surface area contributed by atoms with Crippen molar-refractivity contribution in [3.05, 3.63) is 30.1 Å². The lowest BCUT2D eigenvalue weighted by Crippen LogP contribution is -2.57. The van der Waals surface area contributed by atoms with Crippen molar-refractivity contribution in [3.8, 4) is 0 Å². The molecular weight excluding hydrogens is 200 g/mol. The molecule has 80 valence electrons. The number of rotatable bonds is 4. The first-order valence-electron chi connectivity index (χ1n) is 4.10. The van der Waals surface area contributed by atoms with Gasteiger partial charge in [0.15, 0.2) is 5.78 Å².